The molecule has 0 saturated carbocycles. The first-order valence-electron chi connectivity index (χ1n) is 9.55. The van der Waals surface area contributed by atoms with Crippen LogP contribution in [-0.2, 0) is 9.59 Å². The predicted molar refractivity (Wildman–Crippen MR) is 100 cm³/mol. The Kier molecular flexibility index (Phi) is 14.7. The van der Waals surface area contributed by atoms with Gasteiger partial charge < -0.3 is 10.6 Å². The Morgan fingerprint density at radius 3 is 1.25 bits per heavy atom. The number of hydrogen-bond donors (Lipinski definition) is 2. The van der Waals surface area contributed by atoms with Gasteiger partial charge in [-0.25, -0.2) is 0 Å². The topological polar surface area (TPSA) is 64.7 Å². The van der Waals surface area contributed by atoms with Gasteiger partial charge in [0.15, 0.2) is 0 Å². The first kappa shape index (κ1) is 22.9. The van der Waals surface area contributed by atoms with E-state index < -0.39 is 0 Å². The van der Waals surface area contributed by atoms with Crippen LogP contribution in [-0.4, -0.2) is 74.0 Å². The van der Waals surface area contributed by atoms with Crippen molar-refractivity contribution in [3.63, 3.8) is 0 Å². The third-order valence-electron chi connectivity index (χ3n) is 4.27. The van der Waals surface area contributed by atoms with Gasteiger partial charge in [-0.3, -0.25) is 19.4 Å². The highest BCUT2D eigenvalue weighted by molar-refractivity contribution is 5.78. The lowest BCUT2D eigenvalue weighted by Gasteiger charge is -2.17. The second-order valence-corrected chi connectivity index (χ2v) is 6.04. The Balaban J connectivity index is 3.48. The molecule has 142 valence electrons. The van der Waals surface area contributed by atoms with E-state index in [1.165, 1.54) is 0 Å². The Morgan fingerprint density at radius 2 is 0.958 bits per heavy atom. The molecule has 0 aliphatic heterocycles. The molecular weight excluding hydrogens is 304 g/mol. The van der Waals surface area contributed by atoms with Gasteiger partial charge >= 0.3 is 0 Å². The Morgan fingerprint density at radius 1 is 0.625 bits per heavy atom. The summed E-state index contributed by atoms with van der Waals surface area (Å²) in [6.45, 7) is 14.4. The molecule has 2 amide bonds. The van der Waals surface area contributed by atoms with E-state index >= 15 is 0 Å². The summed E-state index contributed by atoms with van der Waals surface area (Å²) in [5.41, 5.74) is 0. The molecule has 0 unspecified atom stereocenters. The predicted octanol–water partition coefficient (Wildman–Crippen LogP) is 1.46. The van der Waals surface area contributed by atoms with Crippen molar-refractivity contribution in [3.05, 3.63) is 0 Å². The van der Waals surface area contributed by atoms with Crippen LogP contribution in [0.25, 0.3) is 0 Å². The number of nitrogens with one attached hydrogen (secondary N) is 2. The first-order chi connectivity index (χ1) is 11.6. The van der Waals surface area contributed by atoms with Crippen molar-refractivity contribution in [2.75, 3.05) is 52.4 Å². The summed E-state index contributed by atoms with van der Waals surface area (Å²) in [5.74, 6) is 0.227. The van der Waals surface area contributed by atoms with E-state index in [1.807, 2.05) is 0 Å². The average molecular weight is 343 g/mol. The van der Waals surface area contributed by atoms with Crippen LogP contribution in [0.2, 0.25) is 0 Å². The lowest BCUT2D eigenvalue weighted by atomic mass is 10.2. The fourth-order valence-corrected chi connectivity index (χ4v) is 2.47. The van der Waals surface area contributed by atoms with Gasteiger partial charge in [0, 0.05) is 13.1 Å². The fourth-order valence-electron chi connectivity index (χ4n) is 2.47. The van der Waals surface area contributed by atoms with E-state index in [2.05, 4.69) is 48.1 Å². The molecule has 24 heavy (non-hydrogen) atoms. The van der Waals surface area contributed by atoms with Crippen LogP contribution < -0.4 is 10.6 Å². The summed E-state index contributed by atoms with van der Waals surface area (Å²) in [5, 5.41) is 5.94. The van der Waals surface area contributed by atoms with Gasteiger partial charge in [0.05, 0.1) is 13.1 Å². The molecule has 0 aromatic heterocycles. The summed E-state index contributed by atoms with van der Waals surface area (Å²) in [4.78, 5) is 27.6. The summed E-state index contributed by atoms with van der Waals surface area (Å²) >= 11 is 0. The molecule has 0 radical (unpaired) electrons. The number of carbonyl (C=O) groups is 2. The van der Waals surface area contributed by atoms with Crippen molar-refractivity contribution in [1.29, 1.82) is 0 Å². The number of unbranched alkanes of at least 4 members (excludes halogenated alkanes) is 3. The maximum absolute atomic E-state index is 11.7. The Bertz CT molecular complexity index is 297. The van der Waals surface area contributed by atoms with Gasteiger partial charge in [-0.15, -0.1) is 0 Å². The molecule has 0 spiro atoms. The van der Waals surface area contributed by atoms with E-state index in [0.717, 1.165) is 65.0 Å². The van der Waals surface area contributed by atoms with Crippen molar-refractivity contribution in [1.82, 2.24) is 20.4 Å². The van der Waals surface area contributed by atoms with E-state index in [1.54, 1.807) is 0 Å². The molecule has 0 aliphatic rings. The number of nitrogens with zero attached hydrogens (tertiary/aromatic N) is 2. The zero-order valence-electron chi connectivity index (χ0n) is 16.2. The van der Waals surface area contributed by atoms with E-state index in [0.29, 0.717) is 13.1 Å². The average Bonchev–Trinajstić information content (AvgIpc) is 2.59. The minimum absolute atomic E-state index is 0.113. The van der Waals surface area contributed by atoms with Gasteiger partial charge in [0.25, 0.3) is 0 Å². The molecule has 0 saturated heterocycles. The number of carbonyl (C=O) groups excluding carboxylic acids is 2. The SMILES string of the molecule is CCN(CC)CC(=O)NCCCCCCNC(=O)CN(CC)CC. The zero-order chi connectivity index (χ0) is 18.2. The van der Waals surface area contributed by atoms with Gasteiger partial charge in [0.1, 0.15) is 0 Å². The van der Waals surface area contributed by atoms with Crippen LogP contribution in [0.15, 0.2) is 0 Å². The molecule has 0 aromatic rings. The van der Waals surface area contributed by atoms with Crippen molar-refractivity contribution in [2.45, 2.75) is 53.4 Å². The fraction of sp³-hybridized carbons (Fsp3) is 0.889. The third-order valence-corrected chi connectivity index (χ3v) is 4.27. The summed E-state index contributed by atoms with van der Waals surface area (Å²) in [6.07, 6.45) is 4.16. The molecule has 0 rings (SSSR count). The van der Waals surface area contributed by atoms with Crippen molar-refractivity contribution >= 4 is 11.8 Å². The Hall–Kier alpha value is -1.14. The lowest BCUT2D eigenvalue weighted by molar-refractivity contribution is -0.123. The van der Waals surface area contributed by atoms with E-state index in [-0.39, 0.29) is 11.8 Å². The standard InChI is InChI=1S/C18H38N4O2/c1-5-21(6-2)15-17(23)19-13-11-9-10-12-14-20-18(24)16-22(7-3)8-4/h5-16H2,1-4H3,(H,19,23)(H,20,24). The molecule has 6 heteroatoms. The molecule has 0 aromatic carbocycles. The Labute approximate surface area is 148 Å². The number of likely N-dealkylation sites (N-methyl/N-ethyl adjacent to an activating group) is 2. The van der Waals surface area contributed by atoms with E-state index in [9.17, 15) is 9.59 Å². The van der Waals surface area contributed by atoms with Crippen LogP contribution in [0.4, 0.5) is 0 Å². The first-order valence-corrected chi connectivity index (χ1v) is 9.55. The van der Waals surface area contributed by atoms with Crippen molar-refractivity contribution in [2.24, 2.45) is 0 Å². The molecular formula is C18H38N4O2. The monoisotopic (exact) mass is 342 g/mol. The molecule has 0 fully saturated rings. The van der Waals surface area contributed by atoms with Crippen LogP contribution in [0.3, 0.4) is 0 Å². The summed E-state index contributed by atoms with van der Waals surface area (Å²) in [7, 11) is 0. The minimum Gasteiger partial charge on any atom is -0.355 e. The van der Waals surface area contributed by atoms with Gasteiger partial charge in [-0.05, 0) is 39.0 Å². The third kappa shape index (κ3) is 12.3. The highest BCUT2D eigenvalue weighted by Crippen LogP contribution is 1.98. The van der Waals surface area contributed by atoms with Gasteiger partial charge in [-0.2, -0.15) is 0 Å². The van der Waals surface area contributed by atoms with Crippen LogP contribution >= 0.6 is 0 Å². The van der Waals surface area contributed by atoms with Gasteiger partial charge in [-0.1, -0.05) is 40.5 Å². The number of hydrogen-bond acceptors (Lipinski definition) is 4. The van der Waals surface area contributed by atoms with E-state index in [4.69, 9.17) is 0 Å². The minimum atomic E-state index is 0.113. The lowest BCUT2D eigenvalue weighted by Crippen LogP contribution is -2.37. The molecule has 0 bridgehead atoms. The number of amides is 2. The van der Waals surface area contributed by atoms with Crippen molar-refractivity contribution < 1.29 is 9.59 Å². The second kappa shape index (κ2) is 15.4. The zero-order valence-corrected chi connectivity index (χ0v) is 16.2. The highest BCUT2D eigenvalue weighted by Gasteiger charge is 2.07. The number of rotatable bonds is 15. The maximum Gasteiger partial charge on any atom is 0.234 e. The molecule has 6 nitrogen and oxygen atoms in total. The molecule has 0 aliphatic carbocycles. The highest BCUT2D eigenvalue weighted by atomic mass is 16.2. The van der Waals surface area contributed by atoms with Crippen molar-refractivity contribution in [3.8, 4) is 0 Å². The second-order valence-electron chi connectivity index (χ2n) is 6.04. The van der Waals surface area contributed by atoms with Crippen LogP contribution in [0, 0.1) is 0 Å². The van der Waals surface area contributed by atoms with Crippen LogP contribution in [0.1, 0.15) is 53.4 Å². The summed E-state index contributed by atoms with van der Waals surface area (Å²) in [6, 6.07) is 0. The molecule has 0 atom stereocenters. The smallest absolute Gasteiger partial charge is 0.234 e. The maximum atomic E-state index is 11.7. The molecule has 2 N–H and O–H groups in total. The van der Waals surface area contributed by atoms with Crippen LogP contribution in [0.5, 0.6) is 0 Å². The van der Waals surface area contributed by atoms with Gasteiger partial charge in [0.2, 0.25) is 11.8 Å². The quantitative estimate of drug-likeness (QED) is 0.442. The summed E-state index contributed by atoms with van der Waals surface area (Å²) < 4.78 is 0. The molecule has 0 heterocycles. The largest absolute Gasteiger partial charge is 0.355 e. The normalized spacial score (nSPS) is 11.1.